The minimum Gasteiger partial charge on any atom is -0.325 e. The van der Waals surface area contributed by atoms with Crippen molar-refractivity contribution in [2.24, 2.45) is 7.05 Å². The number of carbonyl (C=O) groups excluding carboxylic acids is 1. The van der Waals surface area contributed by atoms with E-state index in [0.29, 0.717) is 5.16 Å². The van der Waals surface area contributed by atoms with Gasteiger partial charge in [-0.2, -0.15) is 0 Å². The molecular weight excluding hydrogens is 378 g/mol. The van der Waals surface area contributed by atoms with Gasteiger partial charge in [0.25, 0.3) is 5.56 Å². The lowest BCUT2D eigenvalue weighted by Gasteiger charge is -2.13. The van der Waals surface area contributed by atoms with Crippen molar-refractivity contribution in [3.05, 3.63) is 50.6 Å². The molecule has 0 saturated heterocycles. The van der Waals surface area contributed by atoms with Crippen LogP contribution in [0, 0.1) is 6.92 Å². The SMILES string of the molecule is Cc1ccc(NC(=O)[C@H](C)Sc2nc3sc4c(c3c(=O)n2C)CCC4)cc1. The molecule has 4 rings (SSSR count). The van der Waals surface area contributed by atoms with E-state index in [2.05, 4.69) is 5.32 Å². The molecule has 0 bridgehead atoms. The van der Waals surface area contributed by atoms with Crippen molar-refractivity contribution in [1.29, 1.82) is 0 Å². The topological polar surface area (TPSA) is 64.0 Å². The van der Waals surface area contributed by atoms with E-state index in [-0.39, 0.29) is 16.7 Å². The van der Waals surface area contributed by atoms with Crippen LogP contribution >= 0.6 is 23.1 Å². The van der Waals surface area contributed by atoms with E-state index in [1.54, 1.807) is 23.0 Å². The zero-order chi connectivity index (χ0) is 19.1. The number of rotatable bonds is 4. The standard InChI is InChI=1S/C20H21N3O2S2/c1-11-7-9-13(10-8-11)21-17(24)12(2)26-20-22-18-16(19(25)23(20)3)14-5-4-6-15(14)27-18/h7-10,12H,4-6H2,1-3H3,(H,21,24)/t12-/m0/s1. The highest BCUT2D eigenvalue weighted by atomic mass is 32.2. The van der Waals surface area contributed by atoms with Crippen LogP contribution in [0.4, 0.5) is 5.69 Å². The number of thioether (sulfide) groups is 1. The van der Waals surface area contributed by atoms with Crippen molar-refractivity contribution in [2.45, 2.75) is 43.5 Å². The fourth-order valence-corrected chi connectivity index (χ4v) is 5.48. The zero-order valence-corrected chi connectivity index (χ0v) is 17.2. The Morgan fingerprint density at radius 2 is 2.04 bits per heavy atom. The lowest BCUT2D eigenvalue weighted by Crippen LogP contribution is -2.25. The third-order valence-corrected chi connectivity index (χ3v) is 7.21. The van der Waals surface area contributed by atoms with Crippen LogP contribution in [-0.4, -0.2) is 20.7 Å². The number of benzene rings is 1. The van der Waals surface area contributed by atoms with Crippen LogP contribution in [-0.2, 0) is 24.7 Å². The molecule has 0 unspecified atom stereocenters. The fourth-order valence-electron chi connectivity index (χ4n) is 3.30. The second-order valence-corrected chi connectivity index (χ2v) is 9.30. The van der Waals surface area contributed by atoms with Gasteiger partial charge >= 0.3 is 0 Å². The Labute approximate surface area is 165 Å². The van der Waals surface area contributed by atoms with Gasteiger partial charge in [0.15, 0.2) is 5.16 Å². The van der Waals surface area contributed by atoms with Gasteiger partial charge in [0, 0.05) is 17.6 Å². The van der Waals surface area contributed by atoms with Crippen LogP contribution in [0.15, 0.2) is 34.2 Å². The first-order valence-corrected chi connectivity index (χ1v) is 10.7. The molecule has 0 fully saturated rings. The number of hydrogen-bond acceptors (Lipinski definition) is 5. The zero-order valence-electron chi connectivity index (χ0n) is 15.5. The van der Waals surface area contributed by atoms with Crippen molar-refractivity contribution in [2.75, 3.05) is 5.32 Å². The Morgan fingerprint density at radius 1 is 1.30 bits per heavy atom. The second kappa shape index (κ2) is 7.13. The van der Waals surface area contributed by atoms with E-state index in [4.69, 9.17) is 4.98 Å². The summed E-state index contributed by atoms with van der Waals surface area (Å²) < 4.78 is 1.58. The first-order chi connectivity index (χ1) is 12.9. The molecular formula is C20H21N3O2S2. The molecule has 7 heteroatoms. The van der Waals surface area contributed by atoms with Crippen LogP contribution in [0.5, 0.6) is 0 Å². The molecule has 1 aliphatic carbocycles. The van der Waals surface area contributed by atoms with Crippen LogP contribution in [0.1, 0.15) is 29.3 Å². The molecule has 2 heterocycles. The van der Waals surface area contributed by atoms with Crippen molar-refractivity contribution in [3.8, 4) is 0 Å². The van der Waals surface area contributed by atoms with Gasteiger partial charge in [-0.15, -0.1) is 11.3 Å². The van der Waals surface area contributed by atoms with E-state index < -0.39 is 0 Å². The maximum atomic E-state index is 12.9. The number of hydrogen-bond donors (Lipinski definition) is 1. The van der Waals surface area contributed by atoms with E-state index in [0.717, 1.165) is 40.7 Å². The fraction of sp³-hybridized carbons (Fsp3) is 0.350. The first kappa shape index (κ1) is 18.3. The summed E-state index contributed by atoms with van der Waals surface area (Å²) in [6.45, 7) is 3.84. The molecule has 2 aromatic heterocycles. The number of anilines is 1. The van der Waals surface area contributed by atoms with Crippen LogP contribution in [0.2, 0.25) is 0 Å². The average molecular weight is 400 g/mol. The number of thiophene rings is 1. The van der Waals surface area contributed by atoms with E-state index in [9.17, 15) is 9.59 Å². The summed E-state index contributed by atoms with van der Waals surface area (Å²) in [6, 6.07) is 7.70. The molecule has 3 aromatic rings. The maximum absolute atomic E-state index is 12.9. The summed E-state index contributed by atoms with van der Waals surface area (Å²) in [5, 5.41) is 3.91. The average Bonchev–Trinajstić information content (AvgIpc) is 3.22. The molecule has 5 nitrogen and oxygen atoms in total. The summed E-state index contributed by atoms with van der Waals surface area (Å²) in [7, 11) is 1.74. The smallest absolute Gasteiger partial charge is 0.262 e. The van der Waals surface area contributed by atoms with Gasteiger partial charge < -0.3 is 5.32 Å². The molecule has 1 N–H and O–H groups in total. The summed E-state index contributed by atoms with van der Waals surface area (Å²) in [6.07, 6.45) is 3.12. The van der Waals surface area contributed by atoms with Crippen LogP contribution in [0.25, 0.3) is 10.2 Å². The third kappa shape index (κ3) is 3.41. The monoisotopic (exact) mass is 399 g/mol. The first-order valence-electron chi connectivity index (χ1n) is 8.99. The molecule has 1 amide bonds. The van der Waals surface area contributed by atoms with Gasteiger partial charge in [-0.25, -0.2) is 4.98 Å². The molecule has 0 radical (unpaired) electrons. The van der Waals surface area contributed by atoms with Gasteiger partial charge in [-0.3, -0.25) is 14.2 Å². The van der Waals surface area contributed by atoms with E-state index >= 15 is 0 Å². The Morgan fingerprint density at radius 3 is 2.78 bits per heavy atom. The van der Waals surface area contributed by atoms with E-state index in [1.165, 1.54) is 22.2 Å². The Bertz CT molecular complexity index is 1080. The normalized spacial score (nSPS) is 14.3. The highest BCUT2D eigenvalue weighted by molar-refractivity contribution is 8.00. The summed E-state index contributed by atoms with van der Waals surface area (Å²) in [5.41, 5.74) is 3.09. The van der Waals surface area contributed by atoms with Crippen molar-refractivity contribution in [1.82, 2.24) is 9.55 Å². The van der Waals surface area contributed by atoms with E-state index in [1.807, 2.05) is 38.1 Å². The van der Waals surface area contributed by atoms with Crippen molar-refractivity contribution >= 4 is 44.9 Å². The molecule has 140 valence electrons. The molecule has 27 heavy (non-hydrogen) atoms. The quantitative estimate of drug-likeness (QED) is 0.534. The lowest BCUT2D eigenvalue weighted by molar-refractivity contribution is -0.115. The minimum atomic E-state index is -0.367. The molecule has 1 aliphatic rings. The molecule has 1 atom stereocenters. The highest BCUT2D eigenvalue weighted by Gasteiger charge is 2.24. The second-order valence-electron chi connectivity index (χ2n) is 6.91. The predicted molar refractivity (Wildman–Crippen MR) is 112 cm³/mol. The Kier molecular flexibility index (Phi) is 4.82. The molecule has 0 aliphatic heterocycles. The largest absolute Gasteiger partial charge is 0.325 e. The van der Waals surface area contributed by atoms with Gasteiger partial charge in [-0.1, -0.05) is 29.5 Å². The number of nitrogens with one attached hydrogen (secondary N) is 1. The predicted octanol–water partition coefficient (Wildman–Crippen LogP) is 3.91. The minimum absolute atomic E-state index is 0.00644. The maximum Gasteiger partial charge on any atom is 0.262 e. The number of aryl methyl sites for hydroxylation is 3. The number of nitrogens with zero attached hydrogens (tertiary/aromatic N) is 2. The molecule has 0 spiro atoms. The van der Waals surface area contributed by atoms with Crippen LogP contribution < -0.4 is 10.9 Å². The Balaban J connectivity index is 1.57. The number of fused-ring (bicyclic) bond motifs is 3. The van der Waals surface area contributed by atoms with Crippen LogP contribution in [0.3, 0.4) is 0 Å². The van der Waals surface area contributed by atoms with Gasteiger partial charge in [-0.05, 0) is 50.8 Å². The van der Waals surface area contributed by atoms with Gasteiger partial charge in [0.05, 0.1) is 10.6 Å². The highest BCUT2D eigenvalue weighted by Crippen LogP contribution is 2.35. The Hall–Kier alpha value is -2.12. The summed E-state index contributed by atoms with van der Waals surface area (Å²) in [5.74, 6) is -0.105. The summed E-state index contributed by atoms with van der Waals surface area (Å²) >= 11 is 2.94. The van der Waals surface area contributed by atoms with Gasteiger partial charge in [0.2, 0.25) is 5.91 Å². The number of carbonyl (C=O) groups is 1. The molecule has 1 aromatic carbocycles. The van der Waals surface area contributed by atoms with Crippen molar-refractivity contribution < 1.29 is 4.79 Å². The van der Waals surface area contributed by atoms with Gasteiger partial charge in [0.1, 0.15) is 4.83 Å². The molecule has 0 saturated carbocycles. The van der Waals surface area contributed by atoms with Crippen molar-refractivity contribution in [3.63, 3.8) is 0 Å². The summed E-state index contributed by atoms with van der Waals surface area (Å²) in [4.78, 5) is 32.2. The lowest BCUT2D eigenvalue weighted by atomic mass is 10.2. The number of aromatic nitrogens is 2. The third-order valence-electron chi connectivity index (χ3n) is 4.88. The number of amides is 1.